The van der Waals surface area contributed by atoms with E-state index >= 15 is 0 Å². The first-order valence-corrected chi connectivity index (χ1v) is 28.0. The summed E-state index contributed by atoms with van der Waals surface area (Å²) in [5, 5.41) is 6.26. The van der Waals surface area contributed by atoms with Crippen LogP contribution >= 0.6 is 0 Å². The summed E-state index contributed by atoms with van der Waals surface area (Å²) in [7, 11) is -12.9. The number of benzene rings is 1. The van der Waals surface area contributed by atoms with E-state index < -0.39 is 53.5 Å². The molecule has 4 N–H and O–H groups in total. The topological polar surface area (TPSA) is 306 Å². The van der Waals surface area contributed by atoms with Crippen LogP contribution in [-0.2, 0) is 49.3 Å². The number of carbonyl (C=O) groups is 1. The number of amides is 1. The molecule has 0 aliphatic carbocycles. The van der Waals surface area contributed by atoms with Gasteiger partial charge in [0.25, 0.3) is 36.3 Å². The van der Waals surface area contributed by atoms with Gasteiger partial charge >= 0.3 is 0 Å². The molecule has 1 rings (SSSR count). The Labute approximate surface area is 392 Å². The average molecular weight is 1010 g/mol. The average Bonchev–Trinajstić information content (AvgIpc) is 3.25. The van der Waals surface area contributed by atoms with Crippen LogP contribution in [0.4, 0.5) is 0 Å². The Bertz CT molecular complexity index is 1740. The summed E-state index contributed by atoms with van der Waals surface area (Å²) in [6.07, 6.45) is 16.0. The van der Waals surface area contributed by atoms with Crippen LogP contribution in [0.15, 0.2) is 17.2 Å². The fourth-order valence-electron chi connectivity index (χ4n) is 6.16. The monoisotopic (exact) mass is 1000 g/mol. The molecule has 0 saturated carbocycles. The van der Waals surface area contributed by atoms with Gasteiger partial charge < -0.3 is 38.5 Å². The maximum Gasteiger partial charge on any atom is 0.264 e. The molecule has 66 heavy (non-hydrogen) atoms. The van der Waals surface area contributed by atoms with Crippen molar-refractivity contribution in [3.8, 4) is 17.2 Å². The van der Waals surface area contributed by atoms with Crippen LogP contribution in [0.25, 0.3) is 10.4 Å². The molecule has 0 heterocycles. The van der Waals surface area contributed by atoms with Gasteiger partial charge in [-0.3, -0.25) is 18.5 Å². The lowest BCUT2D eigenvalue weighted by atomic mass is 10.1. The second-order valence-corrected chi connectivity index (χ2v) is 20.3. The van der Waals surface area contributed by atoms with E-state index in [-0.39, 0.29) is 61.9 Å². The van der Waals surface area contributed by atoms with Crippen LogP contribution < -0.4 is 19.5 Å². The standard InChI is InChI=1S/C42H76N4O17S3/c43-46-45-21-32-60-28-16-8-7-15-27-59-26-14-6-5-13-25-58-24-12-4-3-11-23-57-22-10-2-1-9-20-44-42(47)38-36-39(61-29-17-33-64(48,49)50)41(63-31-19-35-66(54,55)56)40(37-38)62-30-18-34-65(51,52)53/h36-37H,1-35H2,(H,44,47)(H,48,49,50)(H,51,52,53)(H,54,55,56). The van der Waals surface area contributed by atoms with Gasteiger partial charge in [-0.2, -0.15) is 25.3 Å². The highest BCUT2D eigenvalue weighted by atomic mass is 32.2. The lowest BCUT2D eigenvalue weighted by molar-refractivity contribution is 0.0951. The molecule has 0 atom stereocenters. The third-order valence-corrected chi connectivity index (χ3v) is 12.0. The van der Waals surface area contributed by atoms with E-state index in [0.29, 0.717) is 45.9 Å². The smallest absolute Gasteiger partial charge is 0.264 e. The number of ether oxygens (including phenoxy) is 7. The fraction of sp³-hybridized carbons (Fsp3) is 0.833. The Balaban J connectivity index is 2.24. The molecule has 0 unspecified atom stereocenters. The van der Waals surface area contributed by atoms with Gasteiger partial charge in [0.2, 0.25) is 5.75 Å². The van der Waals surface area contributed by atoms with Gasteiger partial charge in [-0.1, -0.05) is 56.5 Å². The molecule has 21 nitrogen and oxygen atoms in total. The Hall–Kier alpha value is -3.03. The van der Waals surface area contributed by atoms with E-state index in [0.717, 1.165) is 123 Å². The largest absolute Gasteiger partial charge is 0.489 e. The summed E-state index contributed by atoms with van der Waals surface area (Å²) < 4.78 is 134. The van der Waals surface area contributed by atoms with Crippen molar-refractivity contribution in [1.82, 2.24) is 5.32 Å². The van der Waals surface area contributed by atoms with E-state index in [1.807, 2.05) is 0 Å². The van der Waals surface area contributed by atoms with Crippen LogP contribution in [0.5, 0.6) is 17.2 Å². The number of unbranched alkanes of at least 4 members (excludes halogenated alkanes) is 12. The van der Waals surface area contributed by atoms with Crippen LogP contribution in [-0.4, -0.2) is 148 Å². The number of hydrogen-bond donors (Lipinski definition) is 4. The molecule has 0 aliphatic rings. The molecule has 0 radical (unpaired) electrons. The molecular formula is C42H76N4O17S3. The second kappa shape index (κ2) is 38.9. The molecule has 0 bridgehead atoms. The molecule has 24 heteroatoms. The van der Waals surface area contributed by atoms with Crippen LogP contribution in [0.2, 0.25) is 0 Å². The van der Waals surface area contributed by atoms with Crippen LogP contribution in [0.3, 0.4) is 0 Å². The number of nitrogens with zero attached hydrogens (tertiary/aromatic N) is 3. The van der Waals surface area contributed by atoms with E-state index in [2.05, 4.69) is 15.3 Å². The summed E-state index contributed by atoms with van der Waals surface area (Å²) in [6.45, 7) is 5.78. The van der Waals surface area contributed by atoms with Crippen molar-refractivity contribution in [2.45, 2.75) is 122 Å². The van der Waals surface area contributed by atoms with Gasteiger partial charge in [-0.05, 0) is 88.3 Å². The number of carbonyl (C=O) groups excluding carboxylic acids is 1. The van der Waals surface area contributed by atoms with Crippen molar-refractivity contribution in [1.29, 1.82) is 0 Å². The first-order chi connectivity index (χ1) is 31.6. The van der Waals surface area contributed by atoms with Crippen molar-refractivity contribution in [2.24, 2.45) is 5.11 Å². The third-order valence-electron chi connectivity index (χ3n) is 9.57. The number of hydrogen-bond acceptors (Lipinski definition) is 15. The van der Waals surface area contributed by atoms with Crippen LogP contribution in [0.1, 0.15) is 132 Å². The zero-order chi connectivity index (χ0) is 48.6. The van der Waals surface area contributed by atoms with E-state index in [1.54, 1.807) is 0 Å². The van der Waals surface area contributed by atoms with E-state index in [4.69, 9.17) is 52.3 Å². The lowest BCUT2D eigenvalue weighted by Crippen LogP contribution is -2.24. The minimum absolute atomic E-state index is 0.0689. The zero-order valence-electron chi connectivity index (χ0n) is 38.5. The third kappa shape index (κ3) is 39.0. The first kappa shape index (κ1) is 61.0. The summed E-state index contributed by atoms with van der Waals surface area (Å²) in [5.74, 6) is -2.56. The Kier molecular flexibility index (Phi) is 35.9. The normalized spacial score (nSPS) is 11.9. The van der Waals surface area contributed by atoms with Crippen molar-refractivity contribution >= 4 is 36.3 Å². The molecule has 0 saturated heterocycles. The van der Waals surface area contributed by atoms with Crippen molar-refractivity contribution < 1.29 is 76.9 Å². The van der Waals surface area contributed by atoms with Crippen molar-refractivity contribution in [3.63, 3.8) is 0 Å². The van der Waals surface area contributed by atoms with Gasteiger partial charge in [0.15, 0.2) is 11.5 Å². The first-order valence-electron chi connectivity index (χ1n) is 23.1. The van der Waals surface area contributed by atoms with Crippen molar-refractivity contribution in [3.05, 3.63) is 28.1 Å². The molecule has 0 spiro atoms. The maximum absolute atomic E-state index is 13.2. The van der Waals surface area contributed by atoms with Gasteiger partial charge in [-0.15, -0.1) is 0 Å². The number of nitrogens with one attached hydrogen (secondary N) is 1. The van der Waals surface area contributed by atoms with E-state index in [9.17, 15) is 30.0 Å². The second-order valence-electron chi connectivity index (χ2n) is 15.6. The molecule has 384 valence electrons. The quantitative estimate of drug-likeness (QED) is 0.0168. The Morgan fingerprint density at radius 2 is 0.818 bits per heavy atom. The number of azide groups is 1. The highest BCUT2D eigenvalue weighted by molar-refractivity contribution is 7.86. The van der Waals surface area contributed by atoms with E-state index in [1.165, 1.54) is 12.1 Å². The summed E-state index contributed by atoms with van der Waals surface area (Å²) in [4.78, 5) is 15.9. The van der Waals surface area contributed by atoms with Crippen LogP contribution in [0, 0.1) is 0 Å². The number of rotatable bonds is 47. The minimum Gasteiger partial charge on any atom is -0.489 e. The Morgan fingerprint density at radius 1 is 0.485 bits per heavy atom. The highest BCUT2D eigenvalue weighted by Crippen LogP contribution is 2.39. The van der Waals surface area contributed by atoms with Gasteiger partial charge in [0.1, 0.15) is 0 Å². The van der Waals surface area contributed by atoms with Crippen molar-refractivity contribution in [2.75, 3.05) is 103 Å². The van der Waals surface area contributed by atoms with Gasteiger partial charge in [-0.25, -0.2) is 0 Å². The zero-order valence-corrected chi connectivity index (χ0v) is 41.0. The summed E-state index contributed by atoms with van der Waals surface area (Å²) in [5.41, 5.74) is 8.28. The highest BCUT2D eigenvalue weighted by Gasteiger charge is 2.20. The predicted molar refractivity (Wildman–Crippen MR) is 250 cm³/mol. The maximum atomic E-state index is 13.2. The SMILES string of the molecule is [N-]=[N+]=NCCOCCCCCCOCCCCCCOCCCCCCOCCCCCCNC(=O)c1cc(OCCCS(=O)(=O)O)c(OCCCS(=O)(=O)O)c(OCCCS(=O)(=O)O)c1. The lowest BCUT2D eigenvalue weighted by Gasteiger charge is -2.19. The molecule has 0 aromatic heterocycles. The summed E-state index contributed by atoms with van der Waals surface area (Å²) >= 11 is 0. The fourth-order valence-corrected chi connectivity index (χ4v) is 7.61. The molecular weight excluding hydrogens is 929 g/mol. The minimum atomic E-state index is -4.29. The molecule has 0 fully saturated rings. The molecule has 1 aromatic carbocycles. The molecule has 1 amide bonds. The molecule has 0 aliphatic heterocycles. The van der Waals surface area contributed by atoms with Gasteiger partial charge in [0.05, 0.1) is 43.7 Å². The summed E-state index contributed by atoms with van der Waals surface area (Å²) in [6, 6.07) is 2.65. The Morgan fingerprint density at radius 3 is 1.17 bits per heavy atom. The van der Waals surface area contributed by atoms with Gasteiger partial charge in [0, 0.05) is 69.8 Å². The molecule has 1 aromatic rings. The predicted octanol–water partition coefficient (Wildman–Crippen LogP) is 7.00.